The first-order chi connectivity index (χ1) is 13.2. The van der Waals surface area contributed by atoms with E-state index in [9.17, 15) is 18.3 Å². The fourth-order valence-corrected chi connectivity index (χ4v) is 5.39. The summed E-state index contributed by atoms with van der Waals surface area (Å²) < 4.78 is 32.1. The number of rotatable bonds is 6. The largest absolute Gasteiger partial charge is 0.479 e. The lowest BCUT2D eigenvalue weighted by Gasteiger charge is -2.42. The van der Waals surface area contributed by atoms with Crippen LogP contribution < -0.4 is 0 Å². The minimum Gasteiger partial charge on any atom is -0.479 e. The van der Waals surface area contributed by atoms with Crippen LogP contribution in [0.3, 0.4) is 0 Å². The Balaban J connectivity index is 1.86. The van der Waals surface area contributed by atoms with Crippen molar-refractivity contribution in [3.05, 3.63) is 65.2 Å². The average molecular weight is 424 g/mol. The van der Waals surface area contributed by atoms with Gasteiger partial charge < -0.3 is 9.84 Å². The summed E-state index contributed by atoms with van der Waals surface area (Å²) in [7, 11) is -2.05. The highest BCUT2D eigenvalue weighted by atomic mass is 35.5. The molecule has 1 fully saturated rings. The highest BCUT2D eigenvalue weighted by molar-refractivity contribution is 7.92. The van der Waals surface area contributed by atoms with Gasteiger partial charge >= 0.3 is 5.97 Å². The molecule has 0 aromatic heterocycles. The van der Waals surface area contributed by atoms with Crippen LogP contribution in [-0.4, -0.2) is 49.0 Å². The van der Waals surface area contributed by atoms with Crippen LogP contribution in [0, 0.1) is 0 Å². The van der Waals surface area contributed by atoms with Gasteiger partial charge in [-0.05, 0) is 36.9 Å². The standard InChI is InChI=1S/C20H22ClNO5S/c1-22-12-11-20(19(23)24,27-14-15-7-9-16(21)10-8-15)13-18(22)28(25,26)17-5-3-2-4-6-17/h2-10,18H,11-14H2,1H3,(H,23,24). The van der Waals surface area contributed by atoms with Crippen LogP contribution in [0.4, 0.5) is 0 Å². The summed E-state index contributed by atoms with van der Waals surface area (Å²) in [4.78, 5) is 14.0. The number of benzene rings is 2. The molecule has 0 spiro atoms. The number of carboxylic acid groups (broad SMARTS) is 1. The first kappa shape index (κ1) is 20.8. The number of aliphatic carboxylic acids is 1. The molecule has 0 radical (unpaired) electrons. The van der Waals surface area contributed by atoms with Crippen molar-refractivity contribution in [3.63, 3.8) is 0 Å². The highest BCUT2D eigenvalue weighted by Crippen LogP contribution is 2.35. The van der Waals surface area contributed by atoms with E-state index in [1.165, 1.54) is 12.1 Å². The second-order valence-corrected chi connectivity index (χ2v) is 9.50. The van der Waals surface area contributed by atoms with Gasteiger partial charge in [-0.25, -0.2) is 13.2 Å². The summed E-state index contributed by atoms with van der Waals surface area (Å²) in [5.74, 6) is -1.15. The van der Waals surface area contributed by atoms with E-state index in [-0.39, 0.29) is 24.3 Å². The number of nitrogens with zero attached hydrogens (tertiary/aromatic N) is 1. The van der Waals surface area contributed by atoms with Gasteiger partial charge in [-0.1, -0.05) is 41.9 Å². The molecule has 6 nitrogen and oxygen atoms in total. The van der Waals surface area contributed by atoms with Crippen molar-refractivity contribution in [1.82, 2.24) is 4.90 Å². The smallest absolute Gasteiger partial charge is 0.336 e. The number of carboxylic acids is 1. The molecular weight excluding hydrogens is 402 g/mol. The molecule has 2 aromatic rings. The first-order valence-electron chi connectivity index (χ1n) is 8.86. The van der Waals surface area contributed by atoms with Crippen LogP contribution in [0.25, 0.3) is 0 Å². The predicted octanol–water partition coefficient (Wildman–Crippen LogP) is 3.21. The van der Waals surface area contributed by atoms with E-state index in [0.717, 1.165) is 5.56 Å². The molecule has 28 heavy (non-hydrogen) atoms. The van der Waals surface area contributed by atoms with Crippen molar-refractivity contribution in [1.29, 1.82) is 0 Å². The SMILES string of the molecule is CN1CCC(OCc2ccc(Cl)cc2)(C(=O)O)CC1S(=O)(=O)c1ccccc1. The topological polar surface area (TPSA) is 83.9 Å². The van der Waals surface area contributed by atoms with Crippen LogP contribution in [0.1, 0.15) is 18.4 Å². The van der Waals surface area contributed by atoms with Gasteiger partial charge in [0.15, 0.2) is 15.4 Å². The lowest BCUT2D eigenvalue weighted by atomic mass is 9.91. The molecule has 0 aliphatic carbocycles. The summed E-state index contributed by atoms with van der Waals surface area (Å²) in [6.07, 6.45) is 0.0525. The van der Waals surface area contributed by atoms with Crippen LogP contribution >= 0.6 is 11.6 Å². The van der Waals surface area contributed by atoms with Crippen molar-refractivity contribution in [3.8, 4) is 0 Å². The Morgan fingerprint density at radius 3 is 2.46 bits per heavy atom. The number of likely N-dealkylation sites (tertiary alicyclic amines) is 1. The first-order valence-corrected chi connectivity index (χ1v) is 10.8. The van der Waals surface area contributed by atoms with E-state index in [2.05, 4.69) is 0 Å². The molecule has 0 amide bonds. The van der Waals surface area contributed by atoms with E-state index >= 15 is 0 Å². The average Bonchev–Trinajstić information content (AvgIpc) is 2.69. The lowest BCUT2D eigenvalue weighted by molar-refractivity contribution is -0.175. The molecule has 150 valence electrons. The third-order valence-corrected chi connectivity index (χ3v) is 7.54. The highest BCUT2D eigenvalue weighted by Gasteiger charge is 2.50. The maximum absolute atomic E-state index is 13.1. The Morgan fingerprint density at radius 1 is 1.21 bits per heavy atom. The van der Waals surface area contributed by atoms with Gasteiger partial charge in [0.05, 0.1) is 11.5 Å². The number of hydrogen-bond donors (Lipinski definition) is 1. The molecule has 1 saturated heterocycles. The maximum atomic E-state index is 13.1. The van der Waals surface area contributed by atoms with Gasteiger partial charge in [-0.3, -0.25) is 4.90 Å². The van der Waals surface area contributed by atoms with Crippen molar-refractivity contribution in [2.24, 2.45) is 0 Å². The van der Waals surface area contributed by atoms with Crippen LogP contribution in [0.2, 0.25) is 5.02 Å². The quantitative estimate of drug-likeness (QED) is 0.768. The Bertz CT molecular complexity index is 933. The summed E-state index contributed by atoms with van der Waals surface area (Å²) in [6, 6.07) is 15.0. The molecule has 3 rings (SSSR count). The van der Waals surface area contributed by atoms with Crippen molar-refractivity contribution < 1.29 is 23.1 Å². The number of carbonyl (C=O) groups is 1. The number of sulfone groups is 1. The van der Waals surface area contributed by atoms with E-state index in [1.807, 2.05) is 0 Å². The van der Waals surface area contributed by atoms with Crippen LogP contribution in [0.15, 0.2) is 59.5 Å². The summed E-state index contributed by atoms with van der Waals surface area (Å²) in [5, 5.41) is 9.48. The van der Waals surface area contributed by atoms with E-state index < -0.39 is 26.8 Å². The fourth-order valence-electron chi connectivity index (χ4n) is 3.34. The van der Waals surface area contributed by atoms with Crippen LogP contribution in [-0.2, 0) is 26.0 Å². The molecule has 2 atom stereocenters. The Morgan fingerprint density at radius 2 is 1.86 bits per heavy atom. The zero-order chi connectivity index (χ0) is 20.4. The molecule has 0 bridgehead atoms. The van der Waals surface area contributed by atoms with Gasteiger partial charge in [0.25, 0.3) is 0 Å². The van der Waals surface area contributed by atoms with Gasteiger partial charge in [-0.2, -0.15) is 0 Å². The zero-order valence-corrected chi connectivity index (χ0v) is 17.0. The van der Waals surface area contributed by atoms with E-state index in [0.29, 0.717) is 11.6 Å². The lowest BCUT2D eigenvalue weighted by Crippen LogP contribution is -2.56. The second-order valence-electron chi connectivity index (χ2n) is 6.96. The molecular formula is C20H22ClNO5S. The minimum atomic E-state index is -3.74. The van der Waals surface area contributed by atoms with Crippen molar-refractivity contribution in [2.75, 3.05) is 13.6 Å². The van der Waals surface area contributed by atoms with Gasteiger partial charge in [-0.15, -0.1) is 0 Å². The number of ether oxygens (including phenoxy) is 1. The zero-order valence-electron chi connectivity index (χ0n) is 15.4. The molecule has 0 saturated carbocycles. The Labute approximate surface area is 169 Å². The molecule has 1 aliphatic rings. The number of halogens is 1. The summed E-state index contributed by atoms with van der Waals surface area (Å²) in [6.45, 7) is 0.356. The van der Waals surface area contributed by atoms with Crippen LogP contribution in [0.5, 0.6) is 0 Å². The summed E-state index contributed by atoms with van der Waals surface area (Å²) in [5.41, 5.74) is -0.801. The van der Waals surface area contributed by atoms with E-state index in [4.69, 9.17) is 16.3 Å². The molecule has 2 unspecified atom stereocenters. The van der Waals surface area contributed by atoms with Crippen molar-refractivity contribution in [2.45, 2.75) is 35.3 Å². The molecule has 1 heterocycles. The third kappa shape index (κ3) is 4.22. The number of piperidine rings is 1. The van der Waals surface area contributed by atoms with Crippen molar-refractivity contribution >= 4 is 27.4 Å². The van der Waals surface area contributed by atoms with Gasteiger partial charge in [0.2, 0.25) is 0 Å². The Hall–Kier alpha value is -1.93. The number of hydrogen-bond acceptors (Lipinski definition) is 5. The second kappa shape index (κ2) is 8.21. The normalized spacial score (nSPS) is 23.4. The predicted molar refractivity (Wildman–Crippen MR) is 106 cm³/mol. The minimum absolute atomic E-state index is 0.0608. The van der Waals surface area contributed by atoms with Gasteiger partial charge in [0, 0.05) is 24.4 Å². The Kier molecular flexibility index (Phi) is 6.09. The fraction of sp³-hybridized carbons (Fsp3) is 0.350. The molecule has 1 N–H and O–H groups in total. The molecule has 8 heteroatoms. The summed E-state index contributed by atoms with van der Waals surface area (Å²) >= 11 is 5.87. The van der Waals surface area contributed by atoms with E-state index in [1.54, 1.807) is 54.4 Å². The van der Waals surface area contributed by atoms with Gasteiger partial charge in [0.1, 0.15) is 5.37 Å². The monoisotopic (exact) mass is 423 g/mol. The molecule has 2 aromatic carbocycles. The molecule has 1 aliphatic heterocycles. The maximum Gasteiger partial charge on any atom is 0.336 e. The third-order valence-electron chi connectivity index (χ3n) is 5.11.